The molecular formula is C10H9F3O4S. The number of sulfone groups is 1. The molecule has 1 aromatic rings. The highest BCUT2D eigenvalue weighted by Crippen LogP contribution is 2.31. The van der Waals surface area contributed by atoms with Crippen molar-refractivity contribution in [3.8, 4) is 0 Å². The molecule has 1 unspecified atom stereocenters. The second kappa shape index (κ2) is 4.60. The van der Waals surface area contributed by atoms with E-state index >= 15 is 0 Å². The van der Waals surface area contributed by atoms with Crippen molar-refractivity contribution in [3.05, 3.63) is 29.8 Å². The van der Waals surface area contributed by atoms with Crippen molar-refractivity contribution >= 4 is 15.8 Å². The molecule has 0 aliphatic carbocycles. The minimum atomic E-state index is -5.45. The van der Waals surface area contributed by atoms with Gasteiger partial charge in [-0.2, -0.15) is 13.2 Å². The standard InChI is InChI=1S/C10H9F3O4S/c1-6(9(14)15)7-3-2-4-8(5-7)18(16,17)10(11,12)13/h2-6H,1H3,(H,14,15). The van der Waals surface area contributed by atoms with Gasteiger partial charge < -0.3 is 5.11 Å². The first kappa shape index (κ1) is 14.5. The largest absolute Gasteiger partial charge is 0.501 e. The fourth-order valence-electron chi connectivity index (χ4n) is 1.23. The molecule has 8 heteroatoms. The Bertz CT molecular complexity index is 563. The number of hydrogen-bond acceptors (Lipinski definition) is 3. The molecule has 0 fully saturated rings. The van der Waals surface area contributed by atoms with E-state index in [1.165, 1.54) is 13.0 Å². The van der Waals surface area contributed by atoms with Gasteiger partial charge in [0.1, 0.15) is 0 Å². The van der Waals surface area contributed by atoms with Crippen molar-refractivity contribution in [3.63, 3.8) is 0 Å². The SMILES string of the molecule is CC(C(=O)O)c1cccc(S(=O)(=O)C(F)(F)F)c1. The first-order valence-electron chi connectivity index (χ1n) is 4.71. The van der Waals surface area contributed by atoms with Crippen molar-refractivity contribution in [2.24, 2.45) is 0 Å². The lowest BCUT2D eigenvalue weighted by molar-refractivity contribution is -0.138. The summed E-state index contributed by atoms with van der Waals surface area (Å²) in [7, 11) is -5.45. The van der Waals surface area contributed by atoms with Crippen LogP contribution < -0.4 is 0 Å². The molecule has 18 heavy (non-hydrogen) atoms. The summed E-state index contributed by atoms with van der Waals surface area (Å²) in [6.45, 7) is 1.25. The molecule has 1 atom stereocenters. The Morgan fingerprint density at radius 1 is 1.33 bits per heavy atom. The number of halogens is 3. The summed E-state index contributed by atoms with van der Waals surface area (Å²) in [4.78, 5) is 9.73. The highest BCUT2D eigenvalue weighted by atomic mass is 32.2. The number of benzene rings is 1. The fraction of sp³-hybridized carbons (Fsp3) is 0.300. The molecule has 0 aliphatic rings. The van der Waals surface area contributed by atoms with Crippen molar-refractivity contribution in [2.75, 3.05) is 0 Å². The van der Waals surface area contributed by atoms with Crippen molar-refractivity contribution < 1.29 is 31.5 Å². The summed E-state index contributed by atoms with van der Waals surface area (Å²) in [5.74, 6) is -2.34. The Morgan fingerprint density at radius 2 is 1.89 bits per heavy atom. The monoisotopic (exact) mass is 282 g/mol. The Hall–Kier alpha value is -1.57. The molecule has 0 heterocycles. The van der Waals surface area contributed by atoms with Crippen molar-refractivity contribution in [1.82, 2.24) is 0 Å². The predicted molar refractivity (Wildman–Crippen MR) is 55.7 cm³/mol. The molecule has 1 aromatic carbocycles. The zero-order chi connectivity index (χ0) is 14.1. The average molecular weight is 282 g/mol. The molecule has 0 amide bonds. The van der Waals surface area contributed by atoms with E-state index in [-0.39, 0.29) is 5.56 Å². The number of aliphatic carboxylic acids is 1. The van der Waals surface area contributed by atoms with Gasteiger partial charge in [-0.05, 0) is 24.6 Å². The van der Waals surface area contributed by atoms with Crippen LogP contribution in [0.5, 0.6) is 0 Å². The fourth-order valence-corrected chi connectivity index (χ4v) is 2.04. The van der Waals surface area contributed by atoms with Gasteiger partial charge in [0, 0.05) is 0 Å². The highest BCUT2D eigenvalue weighted by molar-refractivity contribution is 7.92. The van der Waals surface area contributed by atoms with Crippen LogP contribution in [-0.4, -0.2) is 25.0 Å². The number of carboxylic acids is 1. The topological polar surface area (TPSA) is 71.4 Å². The van der Waals surface area contributed by atoms with Crippen LogP contribution in [-0.2, 0) is 14.6 Å². The second-order valence-corrected chi connectivity index (χ2v) is 5.52. The lowest BCUT2D eigenvalue weighted by Gasteiger charge is -2.11. The smallest absolute Gasteiger partial charge is 0.481 e. The Kier molecular flexibility index (Phi) is 3.70. The van der Waals surface area contributed by atoms with Gasteiger partial charge in [0.15, 0.2) is 0 Å². The molecule has 0 aliphatic heterocycles. The Morgan fingerprint density at radius 3 is 2.33 bits per heavy atom. The van der Waals surface area contributed by atoms with Crippen LogP contribution in [0.3, 0.4) is 0 Å². The van der Waals surface area contributed by atoms with E-state index in [2.05, 4.69) is 0 Å². The van der Waals surface area contributed by atoms with Crippen LogP contribution in [0.1, 0.15) is 18.4 Å². The van der Waals surface area contributed by atoms with Gasteiger partial charge in [-0.1, -0.05) is 12.1 Å². The van der Waals surface area contributed by atoms with Crippen molar-refractivity contribution in [2.45, 2.75) is 23.2 Å². The van der Waals surface area contributed by atoms with Crippen LogP contribution in [0.2, 0.25) is 0 Å². The van der Waals surface area contributed by atoms with Gasteiger partial charge in [-0.3, -0.25) is 4.79 Å². The molecule has 0 aromatic heterocycles. The maximum Gasteiger partial charge on any atom is 0.501 e. The molecule has 0 spiro atoms. The third kappa shape index (κ3) is 2.63. The van der Waals surface area contributed by atoms with E-state index in [4.69, 9.17) is 5.11 Å². The van der Waals surface area contributed by atoms with E-state index in [9.17, 15) is 26.4 Å². The molecule has 1 N–H and O–H groups in total. The molecule has 0 saturated heterocycles. The summed E-state index contributed by atoms with van der Waals surface area (Å²) >= 11 is 0. The average Bonchev–Trinajstić information content (AvgIpc) is 2.26. The maximum atomic E-state index is 12.3. The quantitative estimate of drug-likeness (QED) is 0.922. The van der Waals surface area contributed by atoms with Gasteiger partial charge in [-0.25, -0.2) is 8.42 Å². The van der Waals surface area contributed by atoms with E-state index in [0.717, 1.165) is 18.2 Å². The van der Waals surface area contributed by atoms with Crippen molar-refractivity contribution in [1.29, 1.82) is 0 Å². The predicted octanol–water partition coefficient (Wildman–Crippen LogP) is 2.17. The van der Waals surface area contributed by atoms with Gasteiger partial charge in [0.25, 0.3) is 9.84 Å². The number of rotatable bonds is 3. The van der Waals surface area contributed by atoms with E-state index in [1.807, 2.05) is 0 Å². The normalized spacial score (nSPS) is 14.2. The molecule has 4 nitrogen and oxygen atoms in total. The first-order chi connectivity index (χ1) is 8.07. The molecular weight excluding hydrogens is 273 g/mol. The summed E-state index contributed by atoms with van der Waals surface area (Å²) < 4.78 is 59.2. The minimum absolute atomic E-state index is 0.00664. The number of alkyl halides is 3. The Labute approximate surface area is 101 Å². The lowest BCUT2D eigenvalue weighted by atomic mass is 10.0. The lowest BCUT2D eigenvalue weighted by Crippen LogP contribution is -2.23. The molecule has 0 radical (unpaired) electrons. The summed E-state index contributed by atoms with van der Waals surface area (Å²) in [5.41, 5.74) is -5.41. The summed E-state index contributed by atoms with van der Waals surface area (Å²) in [5, 5.41) is 8.72. The van der Waals surface area contributed by atoms with E-state index in [0.29, 0.717) is 0 Å². The molecule has 0 bridgehead atoms. The van der Waals surface area contributed by atoms with Gasteiger partial charge in [-0.15, -0.1) is 0 Å². The van der Waals surface area contributed by atoms with Crippen LogP contribution in [0.4, 0.5) is 13.2 Å². The molecule has 0 saturated carbocycles. The Balaban J connectivity index is 3.31. The first-order valence-corrected chi connectivity index (χ1v) is 6.20. The van der Waals surface area contributed by atoms with E-state index in [1.54, 1.807) is 0 Å². The van der Waals surface area contributed by atoms with Crippen LogP contribution in [0, 0.1) is 0 Å². The maximum absolute atomic E-state index is 12.3. The number of carbonyl (C=O) groups is 1. The summed E-state index contributed by atoms with van der Waals surface area (Å²) in [6, 6.07) is 3.84. The molecule has 1 rings (SSSR count). The summed E-state index contributed by atoms with van der Waals surface area (Å²) in [6.07, 6.45) is 0. The van der Waals surface area contributed by atoms with Crippen LogP contribution >= 0.6 is 0 Å². The second-order valence-electron chi connectivity index (χ2n) is 3.58. The van der Waals surface area contributed by atoms with Crippen LogP contribution in [0.25, 0.3) is 0 Å². The highest BCUT2D eigenvalue weighted by Gasteiger charge is 2.46. The van der Waals surface area contributed by atoms with Crippen LogP contribution in [0.15, 0.2) is 29.2 Å². The van der Waals surface area contributed by atoms with Gasteiger partial charge >= 0.3 is 11.5 Å². The minimum Gasteiger partial charge on any atom is -0.481 e. The van der Waals surface area contributed by atoms with Gasteiger partial charge in [0.2, 0.25) is 0 Å². The third-order valence-electron chi connectivity index (χ3n) is 2.34. The molecule has 100 valence electrons. The zero-order valence-corrected chi connectivity index (χ0v) is 9.92. The number of hydrogen-bond donors (Lipinski definition) is 1. The number of carboxylic acid groups (broad SMARTS) is 1. The third-order valence-corrected chi connectivity index (χ3v) is 3.83. The van der Waals surface area contributed by atoms with E-state index < -0.39 is 32.1 Å². The van der Waals surface area contributed by atoms with Gasteiger partial charge in [0.05, 0.1) is 10.8 Å². The zero-order valence-electron chi connectivity index (χ0n) is 9.10.